The van der Waals surface area contributed by atoms with Gasteiger partial charge < -0.3 is 24.1 Å². The minimum Gasteiger partial charge on any atom is -0.497 e. The Hall–Kier alpha value is -2.65. The molecule has 168 valence electrons. The van der Waals surface area contributed by atoms with Crippen LogP contribution in [0, 0.1) is 0 Å². The number of nitrogens with zero attached hydrogens (tertiary/aromatic N) is 4. The van der Waals surface area contributed by atoms with Crippen LogP contribution in [0.1, 0.15) is 30.1 Å². The van der Waals surface area contributed by atoms with Crippen molar-refractivity contribution in [2.75, 3.05) is 40.5 Å². The molecule has 1 fully saturated rings. The first-order valence-electron chi connectivity index (χ1n) is 10.9. The molecule has 1 N–H and O–H groups in total. The van der Waals surface area contributed by atoms with Crippen molar-refractivity contribution >= 4 is 5.91 Å². The van der Waals surface area contributed by atoms with Gasteiger partial charge in [0.15, 0.2) is 0 Å². The highest BCUT2D eigenvalue weighted by Gasteiger charge is 2.24. The number of methoxy groups -OCH3 is 2. The maximum absolute atomic E-state index is 12.1. The number of amides is 1. The van der Waals surface area contributed by atoms with Gasteiger partial charge in [-0.05, 0) is 30.5 Å². The number of benzene rings is 1. The largest absolute Gasteiger partial charge is 0.497 e. The quantitative estimate of drug-likeness (QED) is 0.674. The van der Waals surface area contributed by atoms with Gasteiger partial charge in [0.2, 0.25) is 5.91 Å². The van der Waals surface area contributed by atoms with Crippen LogP contribution in [0.15, 0.2) is 18.2 Å². The van der Waals surface area contributed by atoms with Crippen LogP contribution in [-0.2, 0) is 35.5 Å². The Kier molecular flexibility index (Phi) is 7.03. The van der Waals surface area contributed by atoms with Gasteiger partial charge >= 0.3 is 0 Å². The Morgan fingerprint density at radius 3 is 2.68 bits per heavy atom. The molecule has 0 spiro atoms. The predicted octanol–water partition coefficient (Wildman–Crippen LogP) is 1.19. The second-order valence-corrected chi connectivity index (χ2v) is 7.97. The number of hydrogen-bond donors (Lipinski definition) is 1. The molecule has 9 heteroatoms. The van der Waals surface area contributed by atoms with Crippen molar-refractivity contribution in [2.45, 2.75) is 44.9 Å². The number of aromatic nitrogens is 3. The van der Waals surface area contributed by atoms with Crippen molar-refractivity contribution in [3.05, 3.63) is 35.4 Å². The Balaban J connectivity index is 1.32. The molecule has 9 nitrogen and oxygen atoms in total. The van der Waals surface area contributed by atoms with E-state index in [1.165, 1.54) is 0 Å². The third-order valence-corrected chi connectivity index (χ3v) is 5.88. The summed E-state index contributed by atoms with van der Waals surface area (Å²) in [6, 6.07) is 5.99. The van der Waals surface area contributed by atoms with Gasteiger partial charge in [0.05, 0.1) is 14.2 Å². The van der Waals surface area contributed by atoms with Gasteiger partial charge in [0, 0.05) is 58.2 Å². The zero-order valence-electron chi connectivity index (χ0n) is 18.3. The summed E-state index contributed by atoms with van der Waals surface area (Å²) in [6.45, 7) is 4.68. The molecule has 1 aromatic carbocycles. The molecule has 1 atom stereocenters. The second kappa shape index (κ2) is 10.1. The average Bonchev–Trinajstić information content (AvgIpc) is 3.41. The van der Waals surface area contributed by atoms with E-state index in [1.54, 1.807) is 14.2 Å². The number of hydrogen-bond acceptors (Lipinski definition) is 7. The molecular formula is C22H31N5O4. The van der Waals surface area contributed by atoms with Crippen LogP contribution in [0.3, 0.4) is 0 Å². The van der Waals surface area contributed by atoms with Crippen LogP contribution in [0.4, 0.5) is 0 Å². The van der Waals surface area contributed by atoms with E-state index in [9.17, 15) is 4.79 Å². The fraction of sp³-hybridized carbons (Fsp3) is 0.591. The van der Waals surface area contributed by atoms with E-state index in [0.717, 1.165) is 74.2 Å². The van der Waals surface area contributed by atoms with Crippen LogP contribution >= 0.6 is 0 Å². The Morgan fingerprint density at radius 1 is 1.16 bits per heavy atom. The van der Waals surface area contributed by atoms with E-state index in [-0.39, 0.29) is 12.0 Å². The minimum atomic E-state index is -0.292. The maximum Gasteiger partial charge on any atom is 0.249 e. The summed E-state index contributed by atoms with van der Waals surface area (Å²) in [4.78, 5) is 14.5. The number of rotatable bonds is 8. The first-order chi connectivity index (χ1) is 15.2. The van der Waals surface area contributed by atoms with Crippen LogP contribution in [0.5, 0.6) is 11.5 Å². The summed E-state index contributed by atoms with van der Waals surface area (Å²) in [5.41, 5.74) is 1.16. The van der Waals surface area contributed by atoms with E-state index < -0.39 is 0 Å². The fourth-order valence-electron chi connectivity index (χ4n) is 4.18. The molecule has 2 aliphatic heterocycles. The lowest BCUT2D eigenvalue weighted by atomic mass is 10.2. The van der Waals surface area contributed by atoms with Crippen molar-refractivity contribution < 1.29 is 19.0 Å². The normalized spacial score (nSPS) is 19.0. The second-order valence-electron chi connectivity index (χ2n) is 7.97. The molecule has 0 saturated carbocycles. The number of carbonyl (C=O) groups is 1. The molecule has 2 aromatic rings. The first-order valence-corrected chi connectivity index (χ1v) is 10.9. The molecule has 0 aliphatic carbocycles. The summed E-state index contributed by atoms with van der Waals surface area (Å²) >= 11 is 0. The van der Waals surface area contributed by atoms with E-state index in [1.807, 2.05) is 6.07 Å². The van der Waals surface area contributed by atoms with Crippen molar-refractivity contribution in [3.63, 3.8) is 0 Å². The standard InChI is InChI=1S/C22H31N5O4/c1-29-17-12-16(13-18(14-17)30-2)15-26-8-6-21-25-24-20(27(21)10-9-26)5-7-23-22(28)19-4-3-11-31-19/h12-14,19H,3-11,15H2,1-2H3,(H,23,28)/t19-/m1/s1. The van der Waals surface area contributed by atoms with Gasteiger partial charge in [0.25, 0.3) is 0 Å². The Labute approximate surface area is 182 Å². The lowest BCUT2D eigenvalue weighted by molar-refractivity contribution is -0.130. The molecule has 2 aliphatic rings. The number of fused-ring (bicyclic) bond motifs is 1. The summed E-state index contributed by atoms with van der Waals surface area (Å²) in [5, 5.41) is 11.7. The van der Waals surface area contributed by atoms with Crippen molar-refractivity contribution in [3.8, 4) is 11.5 Å². The number of ether oxygens (including phenoxy) is 3. The van der Waals surface area contributed by atoms with Crippen molar-refractivity contribution in [1.82, 2.24) is 25.0 Å². The van der Waals surface area contributed by atoms with Crippen LogP contribution in [-0.4, -0.2) is 72.1 Å². The molecule has 31 heavy (non-hydrogen) atoms. The molecule has 4 rings (SSSR count). The van der Waals surface area contributed by atoms with Gasteiger partial charge in [-0.2, -0.15) is 0 Å². The molecule has 1 amide bonds. The summed E-state index contributed by atoms with van der Waals surface area (Å²) < 4.78 is 18.4. The van der Waals surface area contributed by atoms with Crippen molar-refractivity contribution in [1.29, 1.82) is 0 Å². The molecule has 1 aromatic heterocycles. The van der Waals surface area contributed by atoms with Crippen LogP contribution in [0.2, 0.25) is 0 Å². The number of carbonyl (C=O) groups excluding carboxylic acids is 1. The van der Waals surface area contributed by atoms with Gasteiger partial charge in [-0.1, -0.05) is 0 Å². The fourth-order valence-corrected chi connectivity index (χ4v) is 4.18. The lowest BCUT2D eigenvalue weighted by Gasteiger charge is -2.20. The highest BCUT2D eigenvalue weighted by molar-refractivity contribution is 5.80. The van der Waals surface area contributed by atoms with Gasteiger partial charge in [0.1, 0.15) is 29.3 Å². The first kappa shape index (κ1) is 21.6. The topological polar surface area (TPSA) is 90.7 Å². The van der Waals surface area contributed by atoms with Crippen molar-refractivity contribution in [2.24, 2.45) is 0 Å². The van der Waals surface area contributed by atoms with Crippen LogP contribution < -0.4 is 14.8 Å². The highest BCUT2D eigenvalue weighted by atomic mass is 16.5. The summed E-state index contributed by atoms with van der Waals surface area (Å²) in [6.07, 6.45) is 2.98. The SMILES string of the molecule is COc1cc(CN2CCc3nnc(CCNC(=O)[C@H]4CCCO4)n3CC2)cc(OC)c1. The molecule has 0 unspecified atom stereocenters. The zero-order valence-corrected chi connectivity index (χ0v) is 18.3. The third-order valence-electron chi connectivity index (χ3n) is 5.88. The smallest absolute Gasteiger partial charge is 0.249 e. The van der Waals surface area contributed by atoms with E-state index in [0.29, 0.717) is 19.6 Å². The average molecular weight is 430 g/mol. The Morgan fingerprint density at radius 2 is 1.97 bits per heavy atom. The predicted molar refractivity (Wildman–Crippen MR) is 114 cm³/mol. The van der Waals surface area contributed by atoms with E-state index >= 15 is 0 Å². The highest BCUT2D eigenvalue weighted by Crippen LogP contribution is 2.24. The van der Waals surface area contributed by atoms with Gasteiger partial charge in [-0.3, -0.25) is 9.69 Å². The monoisotopic (exact) mass is 429 g/mol. The third kappa shape index (κ3) is 5.34. The Bertz CT molecular complexity index is 872. The van der Waals surface area contributed by atoms with Gasteiger partial charge in [-0.15, -0.1) is 10.2 Å². The van der Waals surface area contributed by atoms with E-state index in [2.05, 4.69) is 37.1 Å². The van der Waals surface area contributed by atoms with Crippen LogP contribution in [0.25, 0.3) is 0 Å². The molecule has 3 heterocycles. The lowest BCUT2D eigenvalue weighted by Crippen LogP contribution is -2.35. The number of nitrogens with one attached hydrogen (secondary N) is 1. The maximum atomic E-state index is 12.1. The molecular weight excluding hydrogens is 398 g/mol. The summed E-state index contributed by atoms with van der Waals surface area (Å²) in [5.74, 6) is 3.51. The van der Waals surface area contributed by atoms with Gasteiger partial charge in [-0.25, -0.2) is 0 Å². The molecule has 0 radical (unpaired) electrons. The zero-order chi connectivity index (χ0) is 21.6. The summed E-state index contributed by atoms with van der Waals surface area (Å²) in [7, 11) is 3.34. The molecule has 0 bridgehead atoms. The van der Waals surface area contributed by atoms with E-state index in [4.69, 9.17) is 14.2 Å². The minimum absolute atomic E-state index is 0.0204. The molecule has 1 saturated heterocycles.